The number of hydrogen-bond acceptors (Lipinski definition) is 2. The van der Waals surface area contributed by atoms with Crippen LogP contribution in [0, 0.1) is 11.3 Å². The molecule has 0 spiro atoms. The van der Waals surface area contributed by atoms with Crippen molar-refractivity contribution in [2.24, 2.45) is 0 Å². The number of benzene rings is 2. The smallest absolute Gasteiger partial charge is 0.0994 e. The zero-order valence-electron chi connectivity index (χ0n) is 9.31. The van der Waals surface area contributed by atoms with Crippen LogP contribution in [0.1, 0.15) is 16.7 Å². The SMILES string of the molecule is N#Cc1cccc2c1CCc1ccccc1S2. The number of aryl methyl sites for hydroxylation is 1. The first kappa shape index (κ1) is 10.4. The first-order chi connectivity index (χ1) is 8.38. The lowest BCUT2D eigenvalue weighted by atomic mass is 10.0. The predicted octanol–water partition coefficient (Wildman–Crippen LogP) is 3.81. The van der Waals surface area contributed by atoms with Crippen molar-refractivity contribution in [3.05, 3.63) is 59.2 Å². The summed E-state index contributed by atoms with van der Waals surface area (Å²) in [5.41, 5.74) is 3.41. The molecular formula is C15H11NS. The van der Waals surface area contributed by atoms with Gasteiger partial charge in [-0.3, -0.25) is 0 Å². The van der Waals surface area contributed by atoms with Crippen molar-refractivity contribution in [3.8, 4) is 6.07 Å². The van der Waals surface area contributed by atoms with Crippen molar-refractivity contribution in [1.82, 2.24) is 0 Å². The molecule has 2 aromatic rings. The Bertz CT molecular complexity index is 611. The third-order valence-electron chi connectivity index (χ3n) is 3.09. The lowest BCUT2D eigenvalue weighted by Gasteiger charge is -2.06. The molecule has 1 heterocycles. The summed E-state index contributed by atoms with van der Waals surface area (Å²) in [5.74, 6) is 0. The molecule has 2 heteroatoms. The molecule has 0 bridgehead atoms. The summed E-state index contributed by atoms with van der Waals surface area (Å²) >= 11 is 1.78. The highest BCUT2D eigenvalue weighted by molar-refractivity contribution is 7.99. The highest BCUT2D eigenvalue weighted by Crippen LogP contribution is 2.37. The van der Waals surface area contributed by atoms with Gasteiger partial charge in [0, 0.05) is 9.79 Å². The lowest BCUT2D eigenvalue weighted by molar-refractivity contribution is 0.923. The fourth-order valence-corrected chi connectivity index (χ4v) is 3.38. The van der Waals surface area contributed by atoms with Gasteiger partial charge in [-0.15, -0.1) is 0 Å². The van der Waals surface area contributed by atoms with Crippen molar-refractivity contribution in [2.45, 2.75) is 22.6 Å². The van der Waals surface area contributed by atoms with E-state index in [1.807, 2.05) is 12.1 Å². The van der Waals surface area contributed by atoms with Crippen LogP contribution in [0.5, 0.6) is 0 Å². The van der Waals surface area contributed by atoms with E-state index in [0.29, 0.717) is 0 Å². The van der Waals surface area contributed by atoms with E-state index in [1.165, 1.54) is 20.9 Å². The predicted molar refractivity (Wildman–Crippen MR) is 69.1 cm³/mol. The summed E-state index contributed by atoms with van der Waals surface area (Å²) in [4.78, 5) is 2.55. The van der Waals surface area contributed by atoms with Crippen LogP contribution in [0.15, 0.2) is 52.3 Å². The van der Waals surface area contributed by atoms with E-state index in [-0.39, 0.29) is 0 Å². The van der Waals surface area contributed by atoms with Crippen molar-refractivity contribution in [1.29, 1.82) is 5.26 Å². The molecule has 2 aromatic carbocycles. The fraction of sp³-hybridized carbons (Fsp3) is 0.133. The molecule has 0 saturated carbocycles. The van der Waals surface area contributed by atoms with E-state index in [9.17, 15) is 0 Å². The van der Waals surface area contributed by atoms with Crippen molar-refractivity contribution >= 4 is 11.8 Å². The molecule has 0 radical (unpaired) electrons. The van der Waals surface area contributed by atoms with Gasteiger partial charge in [-0.2, -0.15) is 5.26 Å². The Balaban J connectivity index is 2.13. The maximum absolute atomic E-state index is 9.14. The number of fused-ring (bicyclic) bond motifs is 2. The second-order valence-electron chi connectivity index (χ2n) is 4.10. The van der Waals surface area contributed by atoms with E-state index in [1.54, 1.807) is 11.8 Å². The number of nitrogens with zero attached hydrogens (tertiary/aromatic N) is 1. The minimum Gasteiger partial charge on any atom is -0.192 e. The summed E-state index contributed by atoms with van der Waals surface area (Å²) in [5, 5.41) is 9.14. The van der Waals surface area contributed by atoms with E-state index in [4.69, 9.17) is 5.26 Å². The Labute approximate surface area is 105 Å². The Kier molecular flexibility index (Phi) is 2.62. The molecule has 0 amide bonds. The van der Waals surface area contributed by atoms with Gasteiger partial charge in [0.05, 0.1) is 11.6 Å². The summed E-state index contributed by atoms with van der Waals surface area (Å²) in [6.45, 7) is 0. The second kappa shape index (κ2) is 4.27. The lowest BCUT2D eigenvalue weighted by Crippen LogP contribution is -1.94. The van der Waals surface area contributed by atoms with E-state index < -0.39 is 0 Å². The van der Waals surface area contributed by atoms with Crippen molar-refractivity contribution < 1.29 is 0 Å². The maximum atomic E-state index is 9.14. The first-order valence-electron chi connectivity index (χ1n) is 5.66. The quantitative estimate of drug-likeness (QED) is 0.695. The molecule has 0 aromatic heterocycles. The van der Waals surface area contributed by atoms with Crippen LogP contribution in [0.25, 0.3) is 0 Å². The molecule has 3 rings (SSSR count). The summed E-state index contributed by atoms with van der Waals surface area (Å²) in [6, 6.07) is 16.8. The normalized spacial score (nSPS) is 13.1. The van der Waals surface area contributed by atoms with Gasteiger partial charge in [0.2, 0.25) is 0 Å². The molecule has 1 aliphatic rings. The minimum atomic E-state index is 0.822. The summed E-state index contributed by atoms with van der Waals surface area (Å²) < 4.78 is 0. The molecule has 17 heavy (non-hydrogen) atoms. The summed E-state index contributed by atoms with van der Waals surface area (Å²) in [6.07, 6.45) is 1.98. The zero-order chi connectivity index (χ0) is 11.7. The monoisotopic (exact) mass is 237 g/mol. The van der Waals surface area contributed by atoms with Gasteiger partial charge in [0.25, 0.3) is 0 Å². The topological polar surface area (TPSA) is 23.8 Å². The third kappa shape index (κ3) is 1.83. The van der Waals surface area contributed by atoms with Crippen LogP contribution in [0.4, 0.5) is 0 Å². The number of rotatable bonds is 0. The summed E-state index contributed by atoms with van der Waals surface area (Å²) in [7, 11) is 0. The molecular weight excluding hydrogens is 226 g/mol. The molecule has 0 atom stereocenters. The van der Waals surface area contributed by atoms with Gasteiger partial charge in [0.1, 0.15) is 0 Å². The average Bonchev–Trinajstić information content (AvgIpc) is 2.57. The van der Waals surface area contributed by atoms with Gasteiger partial charge < -0.3 is 0 Å². The molecule has 82 valence electrons. The van der Waals surface area contributed by atoms with E-state index in [0.717, 1.165) is 18.4 Å². The highest BCUT2D eigenvalue weighted by atomic mass is 32.2. The first-order valence-corrected chi connectivity index (χ1v) is 6.48. The zero-order valence-corrected chi connectivity index (χ0v) is 10.1. The second-order valence-corrected chi connectivity index (χ2v) is 5.19. The van der Waals surface area contributed by atoms with Gasteiger partial charge in [-0.05, 0) is 42.2 Å². The Hall–Kier alpha value is -1.72. The Morgan fingerprint density at radius 3 is 2.65 bits per heavy atom. The van der Waals surface area contributed by atoms with Gasteiger partial charge in [-0.1, -0.05) is 36.0 Å². The molecule has 0 saturated heterocycles. The fourth-order valence-electron chi connectivity index (χ4n) is 2.21. The molecule has 0 fully saturated rings. The third-order valence-corrected chi connectivity index (χ3v) is 4.31. The van der Waals surface area contributed by atoms with Crippen LogP contribution in [0.3, 0.4) is 0 Å². The maximum Gasteiger partial charge on any atom is 0.0994 e. The van der Waals surface area contributed by atoms with E-state index in [2.05, 4.69) is 36.4 Å². The van der Waals surface area contributed by atoms with Crippen LogP contribution in [0.2, 0.25) is 0 Å². The van der Waals surface area contributed by atoms with Gasteiger partial charge in [-0.25, -0.2) is 0 Å². The van der Waals surface area contributed by atoms with Gasteiger partial charge in [0.15, 0.2) is 0 Å². The standard InChI is InChI=1S/C15H11NS/c16-10-12-5-3-7-15-13(12)9-8-11-4-1-2-6-14(11)17-15/h1-7H,8-9H2. The van der Waals surface area contributed by atoms with Crippen LogP contribution in [-0.2, 0) is 12.8 Å². The van der Waals surface area contributed by atoms with Crippen molar-refractivity contribution in [3.63, 3.8) is 0 Å². The largest absolute Gasteiger partial charge is 0.192 e. The average molecular weight is 237 g/mol. The van der Waals surface area contributed by atoms with Gasteiger partial charge >= 0.3 is 0 Å². The number of nitriles is 1. The molecule has 0 aliphatic carbocycles. The van der Waals surface area contributed by atoms with E-state index >= 15 is 0 Å². The van der Waals surface area contributed by atoms with Crippen molar-refractivity contribution in [2.75, 3.05) is 0 Å². The minimum absolute atomic E-state index is 0.822. The number of hydrogen-bond donors (Lipinski definition) is 0. The highest BCUT2D eigenvalue weighted by Gasteiger charge is 2.15. The Morgan fingerprint density at radius 2 is 1.76 bits per heavy atom. The molecule has 1 nitrogen and oxygen atoms in total. The molecule has 0 N–H and O–H groups in total. The molecule has 0 unspecified atom stereocenters. The Morgan fingerprint density at radius 1 is 0.941 bits per heavy atom. The van der Waals surface area contributed by atoms with Crippen LogP contribution >= 0.6 is 11.8 Å². The van der Waals surface area contributed by atoms with Crippen LogP contribution < -0.4 is 0 Å². The van der Waals surface area contributed by atoms with Crippen LogP contribution in [-0.4, -0.2) is 0 Å². The molecule has 1 aliphatic heterocycles.